The minimum Gasteiger partial charge on any atom is -0.313 e. The molecule has 1 N–H and O–H groups in total. The van der Waals surface area contributed by atoms with Gasteiger partial charge in [0.25, 0.3) is 0 Å². The summed E-state index contributed by atoms with van der Waals surface area (Å²) in [5.41, 5.74) is 0. The molecule has 3 atom stereocenters. The molecule has 0 amide bonds. The van der Waals surface area contributed by atoms with Crippen LogP contribution in [0.25, 0.3) is 0 Å². The third-order valence-electron chi connectivity index (χ3n) is 4.87. The molecule has 0 spiro atoms. The summed E-state index contributed by atoms with van der Waals surface area (Å²) < 4.78 is 11.1. The summed E-state index contributed by atoms with van der Waals surface area (Å²) in [4.78, 5) is 0. The van der Waals surface area contributed by atoms with Crippen molar-refractivity contribution in [3.05, 3.63) is 0 Å². The molecule has 0 aromatic rings. The van der Waals surface area contributed by atoms with Gasteiger partial charge in [-0.15, -0.1) is 0 Å². The third kappa shape index (κ3) is 4.34. The zero-order valence-corrected chi connectivity index (χ0v) is 12.6. The van der Waals surface area contributed by atoms with Gasteiger partial charge in [-0.05, 0) is 24.7 Å². The normalized spacial score (nSPS) is 32.3. The Balaban J connectivity index is 1.82. The van der Waals surface area contributed by atoms with Crippen LogP contribution in [0, 0.1) is 11.8 Å². The Labute approximate surface area is 115 Å². The molecule has 0 saturated heterocycles. The van der Waals surface area contributed by atoms with E-state index in [1.165, 1.54) is 57.8 Å². The Morgan fingerprint density at radius 3 is 2.39 bits per heavy atom. The highest BCUT2D eigenvalue weighted by molar-refractivity contribution is 7.84. The lowest BCUT2D eigenvalue weighted by Crippen LogP contribution is -2.43. The highest BCUT2D eigenvalue weighted by atomic mass is 32.2. The van der Waals surface area contributed by atoms with Crippen molar-refractivity contribution >= 4 is 10.8 Å². The van der Waals surface area contributed by atoms with E-state index < -0.39 is 10.8 Å². The summed E-state index contributed by atoms with van der Waals surface area (Å²) in [6, 6.07) is 0.713. The lowest BCUT2D eigenvalue weighted by Gasteiger charge is -2.39. The molecule has 18 heavy (non-hydrogen) atoms. The molecule has 2 rings (SSSR count). The first-order chi connectivity index (χ1) is 8.77. The van der Waals surface area contributed by atoms with Crippen molar-refractivity contribution in [1.29, 1.82) is 0 Å². The fourth-order valence-corrected chi connectivity index (χ4v) is 4.33. The molecule has 2 aliphatic rings. The topological polar surface area (TPSA) is 29.1 Å². The van der Waals surface area contributed by atoms with E-state index in [1.54, 1.807) is 6.26 Å². The average molecular weight is 271 g/mol. The van der Waals surface area contributed by atoms with Crippen LogP contribution in [0.4, 0.5) is 0 Å². The lowest BCUT2D eigenvalue weighted by molar-refractivity contribution is 0.151. The predicted molar refractivity (Wildman–Crippen MR) is 79.3 cm³/mol. The van der Waals surface area contributed by atoms with Gasteiger partial charge in [-0.3, -0.25) is 4.21 Å². The largest absolute Gasteiger partial charge is 0.313 e. The van der Waals surface area contributed by atoms with E-state index in [0.717, 1.165) is 24.1 Å². The van der Waals surface area contributed by atoms with E-state index in [1.807, 2.05) is 0 Å². The summed E-state index contributed by atoms with van der Waals surface area (Å²) in [5.74, 6) is 2.70. The molecule has 106 valence electrons. The first kappa shape index (κ1) is 14.5. The SMILES string of the molecule is CS(=O)CCNC1CCCCC1C1CCCCC1. The maximum Gasteiger partial charge on any atom is 0.0357 e. The van der Waals surface area contributed by atoms with E-state index >= 15 is 0 Å². The lowest BCUT2D eigenvalue weighted by atomic mass is 9.71. The second kappa shape index (κ2) is 7.64. The maximum absolute atomic E-state index is 11.1. The molecular formula is C15H29NOS. The van der Waals surface area contributed by atoms with Gasteiger partial charge in [0, 0.05) is 35.4 Å². The standard InChI is InChI=1S/C15H29NOS/c1-18(17)12-11-16-15-10-6-5-9-14(15)13-7-3-2-4-8-13/h13-16H,2-12H2,1H3. The van der Waals surface area contributed by atoms with Crippen LogP contribution in [0.5, 0.6) is 0 Å². The molecule has 2 fully saturated rings. The Morgan fingerprint density at radius 1 is 1.00 bits per heavy atom. The van der Waals surface area contributed by atoms with Crippen molar-refractivity contribution in [1.82, 2.24) is 5.32 Å². The van der Waals surface area contributed by atoms with Crippen molar-refractivity contribution in [2.24, 2.45) is 11.8 Å². The molecule has 0 aromatic carbocycles. The third-order valence-corrected chi connectivity index (χ3v) is 5.65. The van der Waals surface area contributed by atoms with E-state index in [4.69, 9.17) is 0 Å². The number of nitrogens with one attached hydrogen (secondary N) is 1. The highest BCUT2D eigenvalue weighted by Gasteiger charge is 2.31. The Hall–Kier alpha value is 0.110. The summed E-state index contributed by atoms with van der Waals surface area (Å²) in [6.07, 6.45) is 14.7. The van der Waals surface area contributed by atoms with Crippen LogP contribution in [0.1, 0.15) is 57.8 Å². The second-order valence-corrected chi connectivity index (χ2v) is 7.74. The predicted octanol–water partition coefficient (Wildman–Crippen LogP) is 3.09. The van der Waals surface area contributed by atoms with Crippen LogP contribution >= 0.6 is 0 Å². The molecule has 2 aliphatic carbocycles. The molecular weight excluding hydrogens is 242 g/mol. The minimum absolute atomic E-state index is 0.648. The van der Waals surface area contributed by atoms with Crippen LogP contribution in [0.3, 0.4) is 0 Å². The van der Waals surface area contributed by atoms with E-state index in [0.29, 0.717) is 6.04 Å². The quantitative estimate of drug-likeness (QED) is 0.832. The van der Waals surface area contributed by atoms with Gasteiger partial charge in [0.05, 0.1) is 0 Å². The average Bonchev–Trinajstić information content (AvgIpc) is 2.40. The van der Waals surface area contributed by atoms with Crippen molar-refractivity contribution in [3.63, 3.8) is 0 Å². The smallest absolute Gasteiger partial charge is 0.0357 e. The van der Waals surface area contributed by atoms with Crippen LogP contribution in [0.2, 0.25) is 0 Å². The molecule has 3 unspecified atom stereocenters. The van der Waals surface area contributed by atoms with Gasteiger partial charge in [-0.2, -0.15) is 0 Å². The number of hydrogen-bond donors (Lipinski definition) is 1. The van der Waals surface area contributed by atoms with Gasteiger partial charge >= 0.3 is 0 Å². The second-order valence-electron chi connectivity index (χ2n) is 6.18. The van der Waals surface area contributed by atoms with Gasteiger partial charge in [-0.1, -0.05) is 44.9 Å². The fourth-order valence-electron chi connectivity index (χ4n) is 3.93. The van der Waals surface area contributed by atoms with E-state index in [2.05, 4.69) is 5.32 Å². The van der Waals surface area contributed by atoms with Crippen molar-refractivity contribution < 1.29 is 4.21 Å². The first-order valence-corrected chi connectivity index (χ1v) is 9.53. The molecule has 2 nitrogen and oxygen atoms in total. The van der Waals surface area contributed by atoms with Crippen molar-refractivity contribution in [2.45, 2.75) is 63.8 Å². The Kier molecular flexibility index (Phi) is 6.16. The summed E-state index contributed by atoms with van der Waals surface area (Å²) in [5, 5.41) is 3.71. The van der Waals surface area contributed by atoms with Crippen LogP contribution in [-0.4, -0.2) is 28.8 Å². The zero-order valence-electron chi connectivity index (χ0n) is 11.8. The van der Waals surface area contributed by atoms with Gasteiger partial charge in [0.2, 0.25) is 0 Å². The highest BCUT2D eigenvalue weighted by Crippen LogP contribution is 2.38. The van der Waals surface area contributed by atoms with Crippen molar-refractivity contribution in [3.8, 4) is 0 Å². The number of rotatable bonds is 5. The fraction of sp³-hybridized carbons (Fsp3) is 1.00. The van der Waals surface area contributed by atoms with Gasteiger partial charge in [-0.25, -0.2) is 0 Å². The zero-order chi connectivity index (χ0) is 12.8. The Bertz CT molecular complexity index is 263. The van der Waals surface area contributed by atoms with Crippen LogP contribution < -0.4 is 5.32 Å². The minimum atomic E-state index is -0.648. The van der Waals surface area contributed by atoms with Crippen LogP contribution in [-0.2, 0) is 10.8 Å². The van der Waals surface area contributed by atoms with E-state index in [-0.39, 0.29) is 0 Å². The van der Waals surface area contributed by atoms with Crippen molar-refractivity contribution in [2.75, 3.05) is 18.6 Å². The van der Waals surface area contributed by atoms with Gasteiger partial charge in [0.15, 0.2) is 0 Å². The van der Waals surface area contributed by atoms with Gasteiger partial charge in [0.1, 0.15) is 0 Å². The molecule has 0 radical (unpaired) electrons. The number of hydrogen-bond acceptors (Lipinski definition) is 2. The molecule has 0 heterocycles. The Morgan fingerprint density at radius 2 is 1.67 bits per heavy atom. The molecule has 0 bridgehead atoms. The van der Waals surface area contributed by atoms with E-state index in [9.17, 15) is 4.21 Å². The maximum atomic E-state index is 11.1. The molecule has 2 saturated carbocycles. The summed E-state index contributed by atoms with van der Waals surface area (Å²) >= 11 is 0. The van der Waals surface area contributed by atoms with Crippen LogP contribution in [0.15, 0.2) is 0 Å². The summed E-state index contributed by atoms with van der Waals surface area (Å²) in [7, 11) is -0.648. The monoisotopic (exact) mass is 271 g/mol. The molecule has 0 aliphatic heterocycles. The van der Waals surface area contributed by atoms with Gasteiger partial charge < -0.3 is 5.32 Å². The molecule has 3 heteroatoms. The first-order valence-electron chi connectivity index (χ1n) is 7.81. The molecule has 0 aromatic heterocycles. The summed E-state index contributed by atoms with van der Waals surface area (Å²) in [6.45, 7) is 0.941.